The zero-order valence-corrected chi connectivity index (χ0v) is 19.1. The van der Waals surface area contributed by atoms with Gasteiger partial charge in [-0.2, -0.15) is 5.10 Å². The third-order valence-electron chi connectivity index (χ3n) is 5.64. The molecule has 0 saturated carbocycles. The quantitative estimate of drug-likeness (QED) is 0.412. The molecule has 1 saturated heterocycles. The molecule has 178 valence electrons. The van der Waals surface area contributed by atoms with Crippen molar-refractivity contribution in [3.8, 4) is 22.8 Å². The lowest BCUT2D eigenvalue weighted by Crippen LogP contribution is -2.30. The van der Waals surface area contributed by atoms with E-state index in [0.29, 0.717) is 29.9 Å². The van der Waals surface area contributed by atoms with E-state index in [2.05, 4.69) is 10.1 Å². The smallest absolute Gasteiger partial charge is 0.233 e. The van der Waals surface area contributed by atoms with Crippen molar-refractivity contribution in [3.63, 3.8) is 0 Å². The highest BCUT2D eigenvalue weighted by Gasteiger charge is 2.36. The van der Waals surface area contributed by atoms with Crippen molar-refractivity contribution < 1.29 is 23.1 Å². The fourth-order valence-corrected chi connectivity index (χ4v) is 5.17. The van der Waals surface area contributed by atoms with Gasteiger partial charge >= 0.3 is 0 Å². The number of pyridine rings is 1. The summed E-state index contributed by atoms with van der Waals surface area (Å²) in [6.07, 6.45) is 3.25. The van der Waals surface area contributed by atoms with Crippen LogP contribution in [0.3, 0.4) is 0 Å². The molecule has 0 bridgehead atoms. The minimum absolute atomic E-state index is 0.0543. The molecule has 0 unspecified atom stereocenters. The third kappa shape index (κ3) is 4.88. The predicted octanol–water partition coefficient (Wildman–Crippen LogP) is 4.87. The molecule has 0 radical (unpaired) electrons. The van der Waals surface area contributed by atoms with Crippen molar-refractivity contribution in [2.45, 2.75) is 11.8 Å². The van der Waals surface area contributed by atoms with Crippen LogP contribution in [0.25, 0.3) is 17.1 Å². The number of thioether (sulfide) groups is 1. The molecule has 10 heteroatoms. The number of hydrogen-bond donors (Lipinski definition) is 1. The van der Waals surface area contributed by atoms with E-state index in [-0.39, 0.29) is 23.1 Å². The van der Waals surface area contributed by atoms with E-state index in [4.69, 9.17) is 0 Å². The normalized spacial score (nSPS) is 15.7. The second-order valence-corrected chi connectivity index (χ2v) is 9.10. The summed E-state index contributed by atoms with van der Waals surface area (Å²) in [4.78, 5) is 18.6. The Morgan fingerprint density at radius 1 is 1.00 bits per heavy atom. The van der Waals surface area contributed by atoms with E-state index in [1.807, 2.05) is 0 Å². The molecule has 2 aromatic carbocycles. The number of hydrogen-bond acceptors (Lipinski definition) is 5. The SMILES string of the molecule is O=C1CS[C@H](c2cn(-c3cc(F)cc(F)c3)nc2-c2ccc(F)cn2)N1CCc1ccc(O)cc1. The lowest BCUT2D eigenvalue weighted by Gasteiger charge is -2.24. The van der Waals surface area contributed by atoms with E-state index in [1.54, 1.807) is 35.4 Å². The third-order valence-corrected chi connectivity index (χ3v) is 6.87. The van der Waals surface area contributed by atoms with Crippen molar-refractivity contribution in [2.24, 2.45) is 0 Å². The monoisotopic (exact) mass is 496 g/mol. The molecule has 0 aliphatic carbocycles. The number of aromatic nitrogens is 3. The highest BCUT2D eigenvalue weighted by Crippen LogP contribution is 2.42. The van der Waals surface area contributed by atoms with Gasteiger partial charge in [0.1, 0.15) is 34.3 Å². The Labute approximate surface area is 203 Å². The molecule has 1 aliphatic heterocycles. The van der Waals surface area contributed by atoms with E-state index in [0.717, 1.165) is 30.0 Å². The summed E-state index contributed by atoms with van der Waals surface area (Å²) in [5.41, 5.74) is 2.50. The highest BCUT2D eigenvalue weighted by atomic mass is 32.2. The van der Waals surface area contributed by atoms with Gasteiger partial charge in [0.2, 0.25) is 5.91 Å². The first-order valence-corrected chi connectivity index (χ1v) is 11.8. The van der Waals surface area contributed by atoms with Crippen molar-refractivity contribution in [2.75, 3.05) is 12.3 Å². The van der Waals surface area contributed by atoms with Crippen LogP contribution in [0.5, 0.6) is 5.75 Å². The van der Waals surface area contributed by atoms with Gasteiger partial charge in [-0.3, -0.25) is 9.78 Å². The number of carbonyl (C=O) groups is 1. The molecule has 5 rings (SSSR count). The summed E-state index contributed by atoms with van der Waals surface area (Å²) >= 11 is 1.41. The Kier molecular flexibility index (Phi) is 6.21. The van der Waals surface area contributed by atoms with Gasteiger partial charge in [-0.05, 0) is 48.4 Å². The predicted molar refractivity (Wildman–Crippen MR) is 125 cm³/mol. The van der Waals surface area contributed by atoms with Crippen LogP contribution in [-0.4, -0.2) is 43.0 Å². The maximum atomic E-state index is 13.9. The maximum absolute atomic E-state index is 13.9. The number of benzene rings is 2. The average Bonchev–Trinajstić information content (AvgIpc) is 3.42. The van der Waals surface area contributed by atoms with Crippen molar-refractivity contribution in [1.29, 1.82) is 0 Å². The lowest BCUT2D eigenvalue weighted by atomic mass is 10.1. The first kappa shape index (κ1) is 23.0. The van der Waals surface area contributed by atoms with Gasteiger partial charge in [-0.15, -0.1) is 11.8 Å². The molecule has 1 atom stereocenters. The van der Waals surface area contributed by atoms with E-state index >= 15 is 0 Å². The molecular formula is C25H19F3N4O2S. The Balaban J connectivity index is 1.53. The number of nitrogens with zero attached hydrogens (tertiary/aromatic N) is 4. The standard InChI is InChI=1S/C25H19F3N4O2S/c26-16-3-6-22(29-12-16)24-21(13-32(30-24)19-10-17(27)9-18(28)11-19)25-31(23(34)14-35-25)8-7-15-1-4-20(33)5-2-15/h1-6,9-13,25,33H,7-8,14H2/t25-/m1/s1. The molecule has 4 aromatic rings. The molecule has 1 N–H and O–H groups in total. The average molecular weight is 497 g/mol. The number of aromatic hydroxyl groups is 1. The number of rotatable bonds is 6. The molecule has 1 amide bonds. The van der Waals surface area contributed by atoms with Gasteiger partial charge < -0.3 is 10.0 Å². The summed E-state index contributed by atoms with van der Waals surface area (Å²) in [5.74, 6) is -1.64. The second kappa shape index (κ2) is 9.46. The fraction of sp³-hybridized carbons (Fsp3) is 0.160. The van der Waals surface area contributed by atoms with Crippen molar-refractivity contribution in [1.82, 2.24) is 19.7 Å². The fourth-order valence-electron chi connectivity index (χ4n) is 3.95. The largest absolute Gasteiger partial charge is 0.508 e. The molecular weight excluding hydrogens is 477 g/mol. The van der Waals surface area contributed by atoms with Gasteiger partial charge in [0, 0.05) is 24.4 Å². The summed E-state index contributed by atoms with van der Waals surface area (Å²) in [6.45, 7) is 0.414. The van der Waals surface area contributed by atoms with Crippen LogP contribution in [0.15, 0.2) is 67.0 Å². The Morgan fingerprint density at radius 3 is 2.43 bits per heavy atom. The van der Waals surface area contributed by atoms with Gasteiger partial charge in [0.25, 0.3) is 0 Å². The van der Waals surface area contributed by atoms with Crippen LogP contribution < -0.4 is 0 Å². The first-order chi connectivity index (χ1) is 16.9. The molecule has 6 nitrogen and oxygen atoms in total. The number of phenolic OH excluding ortho intramolecular Hbond substituents is 1. The number of phenols is 1. The Bertz CT molecular complexity index is 1360. The molecule has 1 fully saturated rings. The summed E-state index contributed by atoms with van der Waals surface area (Å²) in [6, 6.07) is 12.6. The van der Waals surface area contributed by atoms with Crippen LogP contribution in [-0.2, 0) is 11.2 Å². The maximum Gasteiger partial charge on any atom is 0.233 e. The first-order valence-electron chi connectivity index (χ1n) is 10.7. The lowest BCUT2D eigenvalue weighted by molar-refractivity contribution is -0.128. The number of amides is 1. The van der Waals surface area contributed by atoms with Gasteiger partial charge in [-0.25, -0.2) is 17.9 Å². The molecule has 35 heavy (non-hydrogen) atoms. The second-order valence-electron chi connectivity index (χ2n) is 8.03. The van der Waals surface area contributed by atoms with Gasteiger partial charge in [0.05, 0.1) is 23.3 Å². The van der Waals surface area contributed by atoms with Gasteiger partial charge in [0.15, 0.2) is 0 Å². The minimum atomic E-state index is -0.751. The van der Waals surface area contributed by atoms with Crippen LogP contribution in [0.4, 0.5) is 13.2 Å². The van der Waals surface area contributed by atoms with E-state index in [9.17, 15) is 23.1 Å². The number of carbonyl (C=O) groups excluding carboxylic acids is 1. The van der Waals surface area contributed by atoms with Gasteiger partial charge in [-0.1, -0.05) is 12.1 Å². The topological polar surface area (TPSA) is 71.2 Å². The number of halogens is 3. The van der Waals surface area contributed by atoms with Crippen LogP contribution in [0.1, 0.15) is 16.5 Å². The summed E-state index contributed by atoms with van der Waals surface area (Å²) < 4.78 is 42.6. The minimum Gasteiger partial charge on any atom is -0.508 e. The molecule has 3 heterocycles. The highest BCUT2D eigenvalue weighted by molar-refractivity contribution is 8.00. The van der Waals surface area contributed by atoms with Crippen molar-refractivity contribution >= 4 is 17.7 Å². The Morgan fingerprint density at radius 2 is 1.74 bits per heavy atom. The van der Waals surface area contributed by atoms with Crippen molar-refractivity contribution in [3.05, 3.63) is 95.6 Å². The zero-order chi connectivity index (χ0) is 24.5. The zero-order valence-electron chi connectivity index (χ0n) is 18.2. The molecule has 2 aromatic heterocycles. The van der Waals surface area contributed by atoms with Crippen LogP contribution >= 0.6 is 11.8 Å². The summed E-state index contributed by atoms with van der Waals surface area (Å²) in [7, 11) is 0. The molecule has 1 aliphatic rings. The van der Waals surface area contributed by atoms with E-state index < -0.39 is 22.8 Å². The van der Waals surface area contributed by atoms with Crippen LogP contribution in [0, 0.1) is 17.5 Å². The summed E-state index contributed by atoms with van der Waals surface area (Å²) in [5, 5.41) is 13.6. The van der Waals surface area contributed by atoms with Crippen LogP contribution in [0.2, 0.25) is 0 Å². The Hall–Kier alpha value is -3.79. The van der Waals surface area contributed by atoms with E-state index in [1.165, 1.54) is 28.6 Å². The molecule has 0 spiro atoms.